The number of fused-ring (bicyclic) bond motifs is 1. The van der Waals surface area contributed by atoms with Crippen LogP contribution in [0.5, 0.6) is 0 Å². The van der Waals surface area contributed by atoms with Crippen molar-refractivity contribution in [2.24, 2.45) is 0 Å². The number of nitrogens with one attached hydrogen (secondary N) is 1. The fourth-order valence-electron chi connectivity index (χ4n) is 2.46. The molecule has 2 rings (SSSR count). The molecule has 0 bridgehead atoms. The lowest BCUT2D eigenvalue weighted by Crippen LogP contribution is -2.18. The van der Waals surface area contributed by atoms with Crippen LogP contribution in [0.2, 0.25) is 0 Å². The first-order chi connectivity index (χ1) is 9.65. The number of unbranched alkanes of at least 4 members (excludes halogenated alkanes) is 1. The second-order valence-corrected chi connectivity index (χ2v) is 5.71. The van der Waals surface area contributed by atoms with Crippen molar-refractivity contribution in [2.45, 2.75) is 65.5 Å². The molecule has 0 aliphatic rings. The molecule has 20 heavy (non-hydrogen) atoms. The molecule has 4 heteroatoms. The van der Waals surface area contributed by atoms with Gasteiger partial charge in [0.15, 0.2) is 5.65 Å². The predicted molar refractivity (Wildman–Crippen MR) is 85.1 cm³/mol. The van der Waals surface area contributed by atoms with Gasteiger partial charge in [-0.25, -0.2) is 9.67 Å². The van der Waals surface area contributed by atoms with Gasteiger partial charge in [0, 0.05) is 17.5 Å². The second-order valence-electron chi connectivity index (χ2n) is 5.71. The van der Waals surface area contributed by atoms with Gasteiger partial charge in [0.25, 0.3) is 0 Å². The zero-order chi connectivity index (χ0) is 14.5. The Labute approximate surface area is 121 Å². The highest BCUT2D eigenvalue weighted by molar-refractivity contribution is 5.78. The number of nitrogens with zero attached hydrogens (tertiary/aromatic N) is 3. The smallest absolute Gasteiger partial charge is 0.158 e. The van der Waals surface area contributed by atoms with Gasteiger partial charge in [0.2, 0.25) is 0 Å². The largest absolute Gasteiger partial charge is 0.381 e. The van der Waals surface area contributed by atoms with E-state index in [9.17, 15) is 0 Å². The Hall–Kier alpha value is -1.58. The van der Waals surface area contributed by atoms with Crippen LogP contribution >= 0.6 is 0 Å². The molecule has 0 spiro atoms. The Bertz CT molecular complexity index is 544. The highest BCUT2D eigenvalue weighted by Crippen LogP contribution is 2.20. The van der Waals surface area contributed by atoms with E-state index in [1.165, 1.54) is 19.3 Å². The molecule has 1 N–H and O–H groups in total. The third kappa shape index (κ3) is 3.30. The fraction of sp³-hybridized carbons (Fsp3) is 0.625. The lowest BCUT2D eigenvalue weighted by molar-refractivity contribution is 0.546. The number of hydrogen-bond acceptors (Lipinski definition) is 3. The van der Waals surface area contributed by atoms with Crippen molar-refractivity contribution in [2.75, 3.05) is 5.32 Å². The standard InChI is InChI=1S/C16H26N4/c1-5-7-8-14(6-2)19-15-9-13-10-18-20(12(3)4)16(13)17-11-15/h9-12,14,19H,5-8H2,1-4H3. The van der Waals surface area contributed by atoms with Gasteiger partial charge in [0.05, 0.1) is 18.1 Å². The van der Waals surface area contributed by atoms with E-state index in [1.807, 2.05) is 17.1 Å². The van der Waals surface area contributed by atoms with Crippen molar-refractivity contribution >= 4 is 16.7 Å². The lowest BCUT2D eigenvalue weighted by Gasteiger charge is -2.17. The summed E-state index contributed by atoms with van der Waals surface area (Å²) in [7, 11) is 0. The predicted octanol–water partition coefficient (Wildman–Crippen LogP) is 4.39. The molecule has 2 aromatic rings. The summed E-state index contributed by atoms with van der Waals surface area (Å²) in [6.45, 7) is 8.72. The Morgan fingerprint density at radius 1 is 1.25 bits per heavy atom. The molecule has 0 amide bonds. The summed E-state index contributed by atoms with van der Waals surface area (Å²) >= 11 is 0. The van der Waals surface area contributed by atoms with Crippen LogP contribution in [0.25, 0.3) is 11.0 Å². The van der Waals surface area contributed by atoms with Crippen LogP contribution in [0.15, 0.2) is 18.5 Å². The van der Waals surface area contributed by atoms with Crippen molar-refractivity contribution in [1.29, 1.82) is 0 Å². The Balaban J connectivity index is 2.15. The monoisotopic (exact) mass is 274 g/mol. The van der Waals surface area contributed by atoms with E-state index in [0.717, 1.165) is 23.1 Å². The minimum Gasteiger partial charge on any atom is -0.381 e. The highest BCUT2D eigenvalue weighted by atomic mass is 15.3. The summed E-state index contributed by atoms with van der Waals surface area (Å²) in [5, 5.41) is 9.11. The first-order valence-corrected chi connectivity index (χ1v) is 7.75. The van der Waals surface area contributed by atoms with E-state index >= 15 is 0 Å². The number of pyridine rings is 1. The average Bonchev–Trinajstić information content (AvgIpc) is 2.86. The van der Waals surface area contributed by atoms with Gasteiger partial charge in [-0.1, -0.05) is 26.7 Å². The normalized spacial score (nSPS) is 13.1. The summed E-state index contributed by atoms with van der Waals surface area (Å²) in [4.78, 5) is 4.57. The minimum atomic E-state index is 0.340. The first kappa shape index (κ1) is 14.8. The third-order valence-electron chi connectivity index (χ3n) is 3.69. The van der Waals surface area contributed by atoms with Crippen LogP contribution in [0.3, 0.4) is 0 Å². The van der Waals surface area contributed by atoms with E-state index in [1.54, 1.807) is 0 Å². The highest BCUT2D eigenvalue weighted by Gasteiger charge is 2.10. The topological polar surface area (TPSA) is 42.7 Å². The van der Waals surface area contributed by atoms with Crippen LogP contribution in [-0.4, -0.2) is 20.8 Å². The van der Waals surface area contributed by atoms with Crippen LogP contribution in [-0.2, 0) is 0 Å². The van der Waals surface area contributed by atoms with Crippen molar-refractivity contribution < 1.29 is 0 Å². The van der Waals surface area contributed by atoms with E-state index in [2.05, 4.69) is 49.2 Å². The molecular formula is C16H26N4. The molecule has 0 saturated heterocycles. The van der Waals surface area contributed by atoms with E-state index < -0.39 is 0 Å². The average molecular weight is 274 g/mol. The van der Waals surface area contributed by atoms with Crippen molar-refractivity contribution in [3.05, 3.63) is 18.5 Å². The molecule has 1 unspecified atom stereocenters. The molecular weight excluding hydrogens is 248 g/mol. The zero-order valence-electron chi connectivity index (χ0n) is 13.1. The lowest BCUT2D eigenvalue weighted by atomic mass is 10.1. The van der Waals surface area contributed by atoms with Crippen molar-refractivity contribution in [3.63, 3.8) is 0 Å². The van der Waals surface area contributed by atoms with Crippen LogP contribution in [0.4, 0.5) is 5.69 Å². The third-order valence-corrected chi connectivity index (χ3v) is 3.69. The van der Waals surface area contributed by atoms with Gasteiger partial charge in [0.1, 0.15) is 0 Å². The van der Waals surface area contributed by atoms with E-state index in [-0.39, 0.29) is 0 Å². The number of anilines is 1. The van der Waals surface area contributed by atoms with Crippen molar-refractivity contribution in [1.82, 2.24) is 14.8 Å². The Morgan fingerprint density at radius 2 is 2.05 bits per heavy atom. The van der Waals surface area contributed by atoms with Gasteiger partial charge >= 0.3 is 0 Å². The quantitative estimate of drug-likeness (QED) is 0.814. The molecule has 0 fully saturated rings. The number of rotatable bonds is 7. The van der Waals surface area contributed by atoms with Gasteiger partial charge in [-0.3, -0.25) is 0 Å². The number of hydrogen-bond donors (Lipinski definition) is 1. The SMILES string of the molecule is CCCCC(CC)Nc1cnc2c(cnn2C(C)C)c1. The molecule has 0 aromatic carbocycles. The zero-order valence-corrected chi connectivity index (χ0v) is 13.1. The maximum absolute atomic E-state index is 4.57. The summed E-state index contributed by atoms with van der Waals surface area (Å²) in [6, 6.07) is 3.03. The van der Waals surface area contributed by atoms with Gasteiger partial charge < -0.3 is 5.32 Å². The van der Waals surface area contributed by atoms with Crippen LogP contribution in [0.1, 0.15) is 59.4 Å². The van der Waals surface area contributed by atoms with Gasteiger partial charge in [-0.15, -0.1) is 0 Å². The second kappa shape index (κ2) is 6.73. The molecule has 4 nitrogen and oxygen atoms in total. The molecule has 0 aliphatic heterocycles. The van der Waals surface area contributed by atoms with Crippen molar-refractivity contribution in [3.8, 4) is 0 Å². The fourth-order valence-corrected chi connectivity index (χ4v) is 2.46. The van der Waals surface area contributed by atoms with E-state index in [4.69, 9.17) is 0 Å². The molecule has 0 aliphatic carbocycles. The van der Waals surface area contributed by atoms with Crippen LogP contribution < -0.4 is 5.32 Å². The minimum absolute atomic E-state index is 0.340. The molecule has 2 heterocycles. The summed E-state index contributed by atoms with van der Waals surface area (Å²) in [5.74, 6) is 0. The molecule has 1 atom stereocenters. The van der Waals surface area contributed by atoms with Crippen LogP contribution in [0, 0.1) is 0 Å². The summed E-state index contributed by atoms with van der Waals surface area (Å²) in [5.41, 5.74) is 2.07. The van der Waals surface area contributed by atoms with Gasteiger partial charge in [-0.05, 0) is 32.8 Å². The molecule has 2 aromatic heterocycles. The Morgan fingerprint density at radius 3 is 2.70 bits per heavy atom. The first-order valence-electron chi connectivity index (χ1n) is 7.75. The molecule has 0 radical (unpaired) electrons. The number of aromatic nitrogens is 3. The maximum atomic E-state index is 4.57. The van der Waals surface area contributed by atoms with E-state index in [0.29, 0.717) is 12.1 Å². The molecule has 110 valence electrons. The summed E-state index contributed by atoms with van der Waals surface area (Å²) in [6.07, 6.45) is 8.71. The molecule has 0 saturated carbocycles. The maximum Gasteiger partial charge on any atom is 0.158 e. The summed E-state index contributed by atoms with van der Waals surface area (Å²) < 4.78 is 1.97. The van der Waals surface area contributed by atoms with Gasteiger partial charge in [-0.2, -0.15) is 5.10 Å². The Kier molecular flexibility index (Phi) is 4.99.